The standard InChI is InChI=1S/C29H35N3O.C2H7N/c1-3-25-27(29(33)30-2)15-10-16-28(25)32-21-19-31(20-22-32)18-17-26(23-11-6-4-7-12-23)24-13-8-5-9-14-24;1-3-2/h4-16,26H,3,17-22H2,1-2H3,(H,30,33);3H,1-2H3. The fourth-order valence-electron chi connectivity index (χ4n) is 5.01. The first-order valence-electron chi connectivity index (χ1n) is 13.1. The average Bonchev–Trinajstić information content (AvgIpc) is 2.94. The van der Waals surface area contributed by atoms with E-state index in [-0.39, 0.29) is 5.91 Å². The van der Waals surface area contributed by atoms with Crippen molar-refractivity contribution >= 4 is 11.6 Å². The van der Waals surface area contributed by atoms with Gasteiger partial charge in [0, 0.05) is 50.4 Å². The molecule has 0 bridgehead atoms. The van der Waals surface area contributed by atoms with Crippen LogP contribution in [0.1, 0.15) is 46.3 Å². The minimum absolute atomic E-state index is 0.000187. The number of rotatable bonds is 8. The summed E-state index contributed by atoms with van der Waals surface area (Å²) in [7, 11) is 5.45. The summed E-state index contributed by atoms with van der Waals surface area (Å²) in [6, 6.07) is 27.9. The summed E-state index contributed by atoms with van der Waals surface area (Å²) < 4.78 is 0. The predicted molar refractivity (Wildman–Crippen MR) is 152 cm³/mol. The zero-order chi connectivity index (χ0) is 25.8. The molecular formula is C31H42N4O. The maximum absolute atomic E-state index is 12.3. The Morgan fingerprint density at radius 3 is 1.86 bits per heavy atom. The van der Waals surface area contributed by atoms with Gasteiger partial charge in [-0.1, -0.05) is 73.7 Å². The molecule has 5 nitrogen and oxygen atoms in total. The van der Waals surface area contributed by atoms with Gasteiger partial charge < -0.3 is 15.5 Å². The number of benzene rings is 3. The van der Waals surface area contributed by atoms with E-state index in [1.54, 1.807) is 7.05 Å². The zero-order valence-electron chi connectivity index (χ0n) is 22.3. The lowest BCUT2D eigenvalue weighted by molar-refractivity contribution is 0.0962. The van der Waals surface area contributed by atoms with Crippen LogP contribution < -0.4 is 15.5 Å². The first-order valence-corrected chi connectivity index (χ1v) is 13.1. The van der Waals surface area contributed by atoms with E-state index < -0.39 is 0 Å². The van der Waals surface area contributed by atoms with E-state index in [1.165, 1.54) is 16.8 Å². The van der Waals surface area contributed by atoms with E-state index in [0.29, 0.717) is 5.92 Å². The Morgan fingerprint density at radius 2 is 1.36 bits per heavy atom. The molecular weight excluding hydrogens is 444 g/mol. The van der Waals surface area contributed by atoms with Crippen LogP contribution in [0.4, 0.5) is 5.69 Å². The van der Waals surface area contributed by atoms with Gasteiger partial charge in [0.05, 0.1) is 0 Å². The smallest absolute Gasteiger partial charge is 0.251 e. The average molecular weight is 487 g/mol. The number of carbonyl (C=O) groups excluding carboxylic acids is 1. The number of carbonyl (C=O) groups is 1. The van der Waals surface area contributed by atoms with E-state index in [1.807, 2.05) is 26.2 Å². The van der Waals surface area contributed by atoms with E-state index >= 15 is 0 Å². The fourth-order valence-corrected chi connectivity index (χ4v) is 5.01. The minimum Gasteiger partial charge on any atom is -0.369 e. The molecule has 0 aromatic heterocycles. The first-order chi connectivity index (χ1) is 17.6. The predicted octanol–water partition coefficient (Wildman–Crippen LogP) is 4.79. The van der Waals surface area contributed by atoms with Crippen LogP contribution in [-0.2, 0) is 6.42 Å². The molecule has 3 aromatic rings. The molecule has 1 saturated heterocycles. The first kappa shape index (κ1) is 27.4. The molecule has 0 radical (unpaired) electrons. The van der Waals surface area contributed by atoms with Crippen molar-refractivity contribution in [3.63, 3.8) is 0 Å². The van der Waals surface area contributed by atoms with Crippen LogP contribution in [0.15, 0.2) is 78.9 Å². The third-order valence-corrected chi connectivity index (χ3v) is 6.83. The Labute approximate surface area is 217 Å². The Morgan fingerprint density at radius 1 is 0.806 bits per heavy atom. The third-order valence-electron chi connectivity index (χ3n) is 6.83. The van der Waals surface area contributed by atoms with E-state index in [9.17, 15) is 4.79 Å². The van der Waals surface area contributed by atoms with Gasteiger partial charge in [0.15, 0.2) is 0 Å². The number of amides is 1. The topological polar surface area (TPSA) is 47.6 Å². The van der Waals surface area contributed by atoms with Gasteiger partial charge in [-0.05, 0) is 62.3 Å². The summed E-state index contributed by atoms with van der Waals surface area (Å²) in [5, 5.41) is 5.53. The summed E-state index contributed by atoms with van der Waals surface area (Å²) in [6.45, 7) is 7.29. The summed E-state index contributed by atoms with van der Waals surface area (Å²) in [6.07, 6.45) is 1.97. The summed E-state index contributed by atoms with van der Waals surface area (Å²) in [5.74, 6) is 0.418. The molecule has 1 aliphatic rings. The highest BCUT2D eigenvalue weighted by Gasteiger charge is 2.22. The number of nitrogens with one attached hydrogen (secondary N) is 2. The number of hydrogen-bond donors (Lipinski definition) is 2. The van der Waals surface area contributed by atoms with E-state index in [4.69, 9.17) is 0 Å². The monoisotopic (exact) mass is 486 g/mol. The molecule has 2 N–H and O–H groups in total. The van der Waals surface area contributed by atoms with Crippen molar-refractivity contribution in [1.29, 1.82) is 0 Å². The Bertz CT molecular complexity index is 1010. The summed E-state index contributed by atoms with van der Waals surface area (Å²) in [4.78, 5) is 17.4. The number of anilines is 1. The second-order valence-corrected chi connectivity index (χ2v) is 9.23. The van der Waals surface area contributed by atoms with Crippen molar-refractivity contribution in [3.8, 4) is 0 Å². The fraction of sp³-hybridized carbons (Fsp3) is 0.387. The highest BCUT2D eigenvalue weighted by atomic mass is 16.1. The van der Waals surface area contributed by atoms with Crippen molar-refractivity contribution in [3.05, 3.63) is 101 Å². The summed E-state index contributed by atoms with van der Waals surface area (Å²) in [5.41, 5.74) is 5.94. The van der Waals surface area contributed by atoms with Crippen molar-refractivity contribution in [1.82, 2.24) is 15.5 Å². The maximum atomic E-state index is 12.3. The largest absolute Gasteiger partial charge is 0.369 e. The summed E-state index contributed by atoms with van der Waals surface area (Å²) >= 11 is 0. The molecule has 1 amide bonds. The van der Waals surface area contributed by atoms with Crippen LogP contribution >= 0.6 is 0 Å². The second kappa shape index (κ2) is 14.4. The molecule has 1 aliphatic heterocycles. The van der Waals surface area contributed by atoms with E-state index in [2.05, 4.69) is 94.1 Å². The van der Waals surface area contributed by atoms with Crippen molar-refractivity contribution in [2.45, 2.75) is 25.7 Å². The van der Waals surface area contributed by atoms with Gasteiger partial charge in [-0.2, -0.15) is 0 Å². The van der Waals surface area contributed by atoms with Crippen LogP contribution in [0.25, 0.3) is 0 Å². The van der Waals surface area contributed by atoms with Crippen molar-refractivity contribution < 1.29 is 4.79 Å². The van der Waals surface area contributed by atoms with Gasteiger partial charge in [0.2, 0.25) is 0 Å². The molecule has 0 aliphatic carbocycles. The Hall–Kier alpha value is -3.15. The van der Waals surface area contributed by atoms with Gasteiger partial charge in [-0.15, -0.1) is 0 Å². The van der Waals surface area contributed by atoms with Crippen LogP contribution in [0.5, 0.6) is 0 Å². The van der Waals surface area contributed by atoms with Crippen LogP contribution in [0.3, 0.4) is 0 Å². The quantitative estimate of drug-likeness (QED) is 0.481. The van der Waals surface area contributed by atoms with Gasteiger partial charge in [0.1, 0.15) is 0 Å². The molecule has 0 unspecified atom stereocenters. The van der Waals surface area contributed by atoms with Crippen LogP contribution in [0.2, 0.25) is 0 Å². The Balaban J connectivity index is 0.00000115. The second-order valence-electron chi connectivity index (χ2n) is 9.23. The number of hydrogen-bond acceptors (Lipinski definition) is 4. The van der Waals surface area contributed by atoms with Gasteiger partial charge >= 0.3 is 0 Å². The molecule has 192 valence electrons. The number of piperazine rings is 1. The molecule has 3 aromatic carbocycles. The lowest BCUT2D eigenvalue weighted by Gasteiger charge is -2.38. The van der Waals surface area contributed by atoms with Crippen molar-refractivity contribution in [2.24, 2.45) is 0 Å². The minimum atomic E-state index is 0.000187. The third kappa shape index (κ3) is 7.19. The highest BCUT2D eigenvalue weighted by Crippen LogP contribution is 2.29. The molecule has 5 heteroatoms. The van der Waals surface area contributed by atoms with Gasteiger partial charge in [0.25, 0.3) is 5.91 Å². The maximum Gasteiger partial charge on any atom is 0.251 e. The highest BCUT2D eigenvalue weighted by molar-refractivity contribution is 5.97. The molecule has 4 rings (SSSR count). The number of nitrogens with zero attached hydrogens (tertiary/aromatic N) is 2. The SMILES string of the molecule is CCc1c(C(=O)NC)cccc1N1CCN(CCC(c2ccccc2)c2ccccc2)CC1.CNC. The lowest BCUT2D eigenvalue weighted by atomic mass is 9.88. The zero-order valence-corrected chi connectivity index (χ0v) is 22.3. The van der Waals surface area contributed by atoms with Crippen molar-refractivity contribution in [2.75, 3.05) is 58.8 Å². The molecule has 0 atom stereocenters. The molecule has 1 fully saturated rings. The normalized spacial score (nSPS) is 13.8. The van der Waals surface area contributed by atoms with Crippen LogP contribution in [-0.4, -0.2) is 64.7 Å². The molecule has 36 heavy (non-hydrogen) atoms. The van der Waals surface area contributed by atoms with Gasteiger partial charge in [-0.25, -0.2) is 0 Å². The lowest BCUT2D eigenvalue weighted by Crippen LogP contribution is -2.47. The molecule has 0 saturated carbocycles. The van der Waals surface area contributed by atoms with Crippen LogP contribution in [0, 0.1) is 0 Å². The van der Waals surface area contributed by atoms with Gasteiger partial charge in [-0.3, -0.25) is 9.69 Å². The molecule has 0 spiro atoms. The Kier molecular flexibility index (Phi) is 11.0. The van der Waals surface area contributed by atoms with E-state index in [0.717, 1.165) is 56.7 Å². The molecule has 1 heterocycles.